The maximum Gasteiger partial charge on any atom is 0.236 e. The Hall–Kier alpha value is -0.910. The molecule has 1 saturated carbocycles. The number of amides is 1. The van der Waals surface area contributed by atoms with Crippen molar-refractivity contribution in [3.8, 4) is 0 Å². The Morgan fingerprint density at radius 2 is 2.11 bits per heavy atom. The minimum absolute atomic E-state index is 0.00111. The number of thioether (sulfide) groups is 1. The predicted octanol–water partition coefficient (Wildman–Crippen LogP) is 1.89. The van der Waals surface area contributed by atoms with Gasteiger partial charge < -0.3 is 15.8 Å². The summed E-state index contributed by atoms with van der Waals surface area (Å²) >= 11 is 1.73. The SMILES string of the molecule is CCC(CSC)N(C)C(=O)C1(C(N)=NO)CCCC1. The molecule has 0 heterocycles. The average molecular weight is 287 g/mol. The van der Waals surface area contributed by atoms with Crippen molar-refractivity contribution in [2.75, 3.05) is 19.1 Å². The number of nitrogens with zero attached hydrogens (tertiary/aromatic N) is 2. The number of nitrogens with two attached hydrogens (primary N) is 1. The minimum Gasteiger partial charge on any atom is -0.409 e. The average Bonchev–Trinajstić information content (AvgIpc) is 2.92. The Kier molecular flexibility index (Phi) is 5.97. The van der Waals surface area contributed by atoms with Crippen molar-refractivity contribution in [1.29, 1.82) is 0 Å². The third kappa shape index (κ3) is 3.16. The van der Waals surface area contributed by atoms with Gasteiger partial charge in [0.25, 0.3) is 0 Å². The van der Waals surface area contributed by atoms with Crippen LogP contribution in [0.25, 0.3) is 0 Å². The summed E-state index contributed by atoms with van der Waals surface area (Å²) in [6.45, 7) is 2.08. The molecule has 1 amide bonds. The number of hydrogen-bond donors (Lipinski definition) is 2. The van der Waals surface area contributed by atoms with Crippen molar-refractivity contribution in [3.63, 3.8) is 0 Å². The van der Waals surface area contributed by atoms with Crippen LogP contribution in [-0.4, -0.2) is 46.9 Å². The van der Waals surface area contributed by atoms with Crippen LogP contribution in [0.15, 0.2) is 5.16 Å². The van der Waals surface area contributed by atoms with Gasteiger partial charge in [-0.2, -0.15) is 11.8 Å². The second-order valence-electron chi connectivity index (χ2n) is 5.21. The zero-order chi connectivity index (χ0) is 14.5. The van der Waals surface area contributed by atoms with Gasteiger partial charge in [0.1, 0.15) is 5.41 Å². The third-order valence-corrected chi connectivity index (χ3v) is 4.88. The Balaban J connectivity index is 2.94. The van der Waals surface area contributed by atoms with Crippen LogP contribution in [-0.2, 0) is 4.79 Å². The van der Waals surface area contributed by atoms with Crippen LogP contribution in [0.5, 0.6) is 0 Å². The Morgan fingerprint density at radius 3 is 2.53 bits per heavy atom. The molecule has 1 rings (SSSR count). The molecule has 0 aromatic rings. The fourth-order valence-corrected chi connectivity index (χ4v) is 3.70. The van der Waals surface area contributed by atoms with Crippen LogP contribution in [0.2, 0.25) is 0 Å². The molecular weight excluding hydrogens is 262 g/mol. The molecule has 1 aliphatic carbocycles. The van der Waals surface area contributed by atoms with Gasteiger partial charge in [-0.05, 0) is 25.5 Å². The molecule has 19 heavy (non-hydrogen) atoms. The first-order valence-electron chi connectivity index (χ1n) is 6.77. The highest BCUT2D eigenvalue weighted by atomic mass is 32.2. The molecule has 1 aliphatic rings. The molecule has 110 valence electrons. The molecule has 5 nitrogen and oxygen atoms in total. The lowest BCUT2D eigenvalue weighted by Gasteiger charge is -2.35. The van der Waals surface area contributed by atoms with Crippen LogP contribution < -0.4 is 5.73 Å². The van der Waals surface area contributed by atoms with Gasteiger partial charge in [-0.25, -0.2) is 0 Å². The maximum atomic E-state index is 12.8. The number of carbonyl (C=O) groups excluding carboxylic acids is 1. The van der Waals surface area contributed by atoms with Crippen molar-refractivity contribution >= 4 is 23.5 Å². The summed E-state index contributed by atoms with van der Waals surface area (Å²) in [5.74, 6) is 0.979. The summed E-state index contributed by atoms with van der Waals surface area (Å²) in [7, 11) is 1.83. The molecule has 1 unspecified atom stereocenters. The van der Waals surface area contributed by atoms with Crippen molar-refractivity contribution in [3.05, 3.63) is 0 Å². The van der Waals surface area contributed by atoms with E-state index in [1.807, 2.05) is 13.3 Å². The Bertz CT molecular complexity index is 341. The first-order chi connectivity index (χ1) is 9.03. The summed E-state index contributed by atoms with van der Waals surface area (Å²) in [5.41, 5.74) is 5.03. The molecule has 6 heteroatoms. The van der Waals surface area contributed by atoms with Crippen LogP contribution >= 0.6 is 11.8 Å². The van der Waals surface area contributed by atoms with Crippen LogP contribution in [0, 0.1) is 5.41 Å². The fraction of sp³-hybridized carbons (Fsp3) is 0.846. The van der Waals surface area contributed by atoms with Crippen LogP contribution in [0.4, 0.5) is 0 Å². The van der Waals surface area contributed by atoms with Gasteiger partial charge >= 0.3 is 0 Å². The van der Waals surface area contributed by atoms with Gasteiger partial charge in [0.15, 0.2) is 5.84 Å². The second kappa shape index (κ2) is 7.03. The molecule has 1 fully saturated rings. The monoisotopic (exact) mass is 287 g/mol. The number of oxime groups is 1. The minimum atomic E-state index is -0.782. The Labute approximate surface area is 119 Å². The zero-order valence-electron chi connectivity index (χ0n) is 12.1. The summed E-state index contributed by atoms with van der Waals surface area (Å²) in [6.07, 6.45) is 6.22. The van der Waals surface area contributed by atoms with Crippen molar-refractivity contribution in [1.82, 2.24) is 4.90 Å². The van der Waals surface area contributed by atoms with E-state index >= 15 is 0 Å². The van der Waals surface area contributed by atoms with E-state index in [0.717, 1.165) is 25.0 Å². The zero-order valence-corrected chi connectivity index (χ0v) is 12.9. The van der Waals surface area contributed by atoms with E-state index in [2.05, 4.69) is 12.1 Å². The first kappa shape index (κ1) is 16.1. The highest BCUT2D eigenvalue weighted by molar-refractivity contribution is 7.98. The van der Waals surface area contributed by atoms with Crippen LogP contribution in [0.3, 0.4) is 0 Å². The smallest absolute Gasteiger partial charge is 0.236 e. The van der Waals surface area contributed by atoms with Crippen molar-refractivity contribution < 1.29 is 10.0 Å². The molecule has 3 N–H and O–H groups in total. The normalized spacial score (nSPS) is 20.3. The molecule has 0 aliphatic heterocycles. The standard InChI is InChI=1S/C13H25N3O2S/c1-4-10(9-19-3)16(2)12(17)13(11(14)15-18)7-5-6-8-13/h10,18H,4-9H2,1-3H3,(H2,14,15). The lowest BCUT2D eigenvalue weighted by Crippen LogP contribution is -2.52. The molecule has 1 atom stereocenters. The van der Waals surface area contributed by atoms with Gasteiger partial charge in [-0.15, -0.1) is 0 Å². The predicted molar refractivity (Wildman–Crippen MR) is 79.5 cm³/mol. The van der Waals surface area contributed by atoms with Crippen molar-refractivity contribution in [2.24, 2.45) is 16.3 Å². The van der Waals surface area contributed by atoms with E-state index in [1.54, 1.807) is 16.7 Å². The molecule has 0 aromatic heterocycles. The molecule has 0 radical (unpaired) electrons. The number of amidine groups is 1. The molecular formula is C13H25N3O2S. The van der Waals surface area contributed by atoms with E-state index in [9.17, 15) is 4.79 Å². The fourth-order valence-electron chi connectivity index (χ4n) is 2.85. The van der Waals surface area contributed by atoms with E-state index < -0.39 is 5.41 Å². The van der Waals surface area contributed by atoms with Gasteiger partial charge in [-0.3, -0.25) is 4.79 Å². The highest BCUT2D eigenvalue weighted by Crippen LogP contribution is 2.40. The molecule has 0 aromatic carbocycles. The lowest BCUT2D eigenvalue weighted by atomic mass is 9.83. The molecule has 0 bridgehead atoms. The Morgan fingerprint density at radius 1 is 1.53 bits per heavy atom. The third-order valence-electron chi connectivity index (χ3n) is 4.16. The van der Waals surface area contributed by atoms with E-state index in [-0.39, 0.29) is 17.8 Å². The second-order valence-corrected chi connectivity index (χ2v) is 6.12. The van der Waals surface area contributed by atoms with Crippen LogP contribution in [0.1, 0.15) is 39.0 Å². The quantitative estimate of drug-likeness (QED) is 0.338. The number of carbonyl (C=O) groups is 1. The van der Waals surface area contributed by atoms with Gasteiger partial charge in [0, 0.05) is 18.8 Å². The number of hydrogen-bond acceptors (Lipinski definition) is 4. The topological polar surface area (TPSA) is 78.9 Å². The summed E-state index contributed by atoms with van der Waals surface area (Å²) in [6, 6.07) is 0.200. The van der Waals surface area contributed by atoms with E-state index in [0.29, 0.717) is 12.8 Å². The van der Waals surface area contributed by atoms with Gasteiger partial charge in [-0.1, -0.05) is 24.9 Å². The van der Waals surface area contributed by atoms with Crippen molar-refractivity contribution in [2.45, 2.75) is 45.1 Å². The largest absolute Gasteiger partial charge is 0.409 e. The van der Waals surface area contributed by atoms with Gasteiger partial charge in [0.2, 0.25) is 5.91 Å². The molecule has 0 saturated heterocycles. The highest BCUT2D eigenvalue weighted by Gasteiger charge is 2.47. The number of rotatable bonds is 6. The molecule has 0 spiro atoms. The summed E-state index contributed by atoms with van der Waals surface area (Å²) in [5, 5.41) is 12.1. The summed E-state index contributed by atoms with van der Waals surface area (Å²) in [4.78, 5) is 14.6. The van der Waals surface area contributed by atoms with Gasteiger partial charge in [0.05, 0.1) is 0 Å². The summed E-state index contributed by atoms with van der Waals surface area (Å²) < 4.78 is 0. The van der Waals surface area contributed by atoms with E-state index in [1.165, 1.54) is 0 Å². The first-order valence-corrected chi connectivity index (χ1v) is 8.17. The maximum absolute atomic E-state index is 12.8. The lowest BCUT2D eigenvalue weighted by molar-refractivity contribution is -0.138. The van der Waals surface area contributed by atoms with E-state index in [4.69, 9.17) is 10.9 Å².